The molecule has 1 aliphatic heterocycles. The van der Waals surface area contributed by atoms with Crippen LogP contribution in [0.4, 0.5) is 0 Å². The number of sulfone groups is 1. The van der Waals surface area contributed by atoms with Gasteiger partial charge in [0.15, 0.2) is 9.84 Å². The molecule has 0 radical (unpaired) electrons. The molecule has 0 bridgehead atoms. The van der Waals surface area contributed by atoms with Crippen molar-refractivity contribution in [2.24, 2.45) is 0 Å². The molecule has 1 N–H and O–H groups in total. The highest BCUT2D eigenvalue weighted by Gasteiger charge is 2.32. The van der Waals surface area contributed by atoms with Gasteiger partial charge in [0.05, 0.1) is 16.0 Å². The third kappa shape index (κ3) is 3.54. The summed E-state index contributed by atoms with van der Waals surface area (Å²) < 4.78 is 50.6. The van der Waals surface area contributed by atoms with Gasteiger partial charge >= 0.3 is 0 Å². The number of hydrogen-bond acceptors (Lipinski definition) is 4. The quantitative estimate of drug-likeness (QED) is 0.835. The molecule has 9 heteroatoms. The summed E-state index contributed by atoms with van der Waals surface area (Å²) in [5, 5.41) is -0.562. The van der Waals surface area contributed by atoms with Crippen LogP contribution >= 0.6 is 27.5 Å². The Morgan fingerprint density at radius 1 is 1.40 bits per heavy atom. The van der Waals surface area contributed by atoms with Crippen LogP contribution in [0.2, 0.25) is 5.02 Å². The third-order valence-corrected chi connectivity index (χ3v) is 7.82. The minimum atomic E-state index is -3.81. The van der Waals surface area contributed by atoms with E-state index in [0.29, 0.717) is 17.3 Å². The van der Waals surface area contributed by atoms with Crippen molar-refractivity contribution in [1.29, 1.82) is 0 Å². The van der Waals surface area contributed by atoms with Gasteiger partial charge < -0.3 is 0 Å². The molecule has 0 saturated carbocycles. The first kappa shape index (κ1) is 16.2. The predicted molar refractivity (Wildman–Crippen MR) is 81.1 cm³/mol. The van der Waals surface area contributed by atoms with E-state index in [1.54, 1.807) is 6.07 Å². The van der Waals surface area contributed by atoms with Crippen molar-refractivity contribution >= 4 is 47.4 Å². The monoisotopic (exact) mass is 401 g/mol. The Morgan fingerprint density at radius 2 is 2.10 bits per heavy atom. The molecule has 1 aliphatic rings. The fourth-order valence-corrected chi connectivity index (χ4v) is 6.05. The fourth-order valence-electron chi connectivity index (χ4n) is 2.06. The Balaban J connectivity index is 2.16. The summed E-state index contributed by atoms with van der Waals surface area (Å²) in [4.78, 5) is -0.0576. The van der Waals surface area contributed by atoms with Crippen LogP contribution in [0.3, 0.4) is 0 Å². The zero-order valence-electron chi connectivity index (χ0n) is 10.3. The van der Waals surface area contributed by atoms with E-state index in [4.69, 9.17) is 11.6 Å². The number of rotatable bonds is 4. The van der Waals surface area contributed by atoms with Crippen LogP contribution in [0, 0.1) is 0 Å². The maximum absolute atomic E-state index is 12.1. The van der Waals surface area contributed by atoms with Crippen molar-refractivity contribution in [3.05, 3.63) is 27.7 Å². The second kappa shape index (κ2) is 5.92. The molecule has 1 unspecified atom stereocenters. The Morgan fingerprint density at radius 3 is 2.65 bits per heavy atom. The van der Waals surface area contributed by atoms with Gasteiger partial charge in [-0.2, -0.15) is 0 Å². The van der Waals surface area contributed by atoms with Crippen LogP contribution in [-0.4, -0.2) is 34.4 Å². The van der Waals surface area contributed by atoms with E-state index in [0.717, 1.165) is 0 Å². The smallest absolute Gasteiger partial charge is 0.229 e. The van der Waals surface area contributed by atoms with Crippen molar-refractivity contribution < 1.29 is 16.8 Å². The highest BCUT2D eigenvalue weighted by Crippen LogP contribution is 2.25. The summed E-state index contributed by atoms with van der Waals surface area (Å²) in [5.41, 5.74) is 0. The lowest BCUT2D eigenvalue weighted by Gasteiger charge is -2.12. The molecular formula is C11H13BrClNO4S2. The highest BCUT2D eigenvalue weighted by atomic mass is 79.9. The van der Waals surface area contributed by atoms with Crippen LogP contribution in [0.1, 0.15) is 12.8 Å². The van der Waals surface area contributed by atoms with E-state index in [1.807, 2.05) is 0 Å². The van der Waals surface area contributed by atoms with Gasteiger partial charge in [0.1, 0.15) is 4.90 Å². The maximum atomic E-state index is 12.1. The Hall–Kier alpha value is -0.150. The van der Waals surface area contributed by atoms with Crippen LogP contribution in [0.25, 0.3) is 0 Å². The molecule has 2 rings (SSSR count). The molecule has 1 aromatic carbocycles. The first-order valence-corrected chi connectivity index (χ1v) is 10.3. The first-order chi connectivity index (χ1) is 9.22. The zero-order valence-corrected chi connectivity index (χ0v) is 14.3. The molecule has 0 amide bonds. The van der Waals surface area contributed by atoms with Gasteiger partial charge in [0.2, 0.25) is 10.0 Å². The SMILES string of the molecule is O=S(=O)(NCC1CCCS1(=O)=O)c1ccc(Br)cc1Cl. The average Bonchev–Trinajstić information content (AvgIpc) is 2.65. The minimum Gasteiger partial charge on any atom is -0.229 e. The minimum absolute atomic E-state index is 0.0576. The number of sulfonamides is 1. The lowest BCUT2D eigenvalue weighted by atomic mass is 10.2. The summed E-state index contributed by atoms with van der Waals surface area (Å²) in [5.74, 6) is 0.123. The molecule has 0 aromatic heterocycles. The van der Waals surface area contributed by atoms with E-state index < -0.39 is 25.1 Å². The van der Waals surface area contributed by atoms with Crippen molar-refractivity contribution in [3.63, 3.8) is 0 Å². The van der Waals surface area contributed by atoms with Crippen molar-refractivity contribution in [3.8, 4) is 0 Å². The molecule has 0 spiro atoms. The second-order valence-corrected chi connectivity index (χ2v) is 10.0. The largest absolute Gasteiger partial charge is 0.242 e. The van der Waals surface area contributed by atoms with Crippen molar-refractivity contribution in [2.75, 3.05) is 12.3 Å². The van der Waals surface area contributed by atoms with E-state index >= 15 is 0 Å². The van der Waals surface area contributed by atoms with E-state index in [9.17, 15) is 16.8 Å². The van der Waals surface area contributed by atoms with Crippen LogP contribution in [0.15, 0.2) is 27.6 Å². The standard InChI is InChI=1S/C11H13BrClNO4S2/c12-8-3-4-11(10(13)6-8)20(17,18)14-7-9-2-1-5-19(9,15)16/h3-4,6,9,14H,1-2,5,7H2. The zero-order chi connectivity index (χ0) is 15.0. The molecular weight excluding hydrogens is 390 g/mol. The lowest BCUT2D eigenvalue weighted by Crippen LogP contribution is -2.34. The molecule has 20 heavy (non-hydrogen) atoms. The lowest BCUT2D eigenvalue weighted by molar-refractivity contribution is 0.571. The van der Waals surface area contributed by atoms with E-state index in [-0.39, 0.29) is 22.2 Å². The first-order valence-electron chi connectivity index (χ1n) is 5.89. The number of nitrogens with one attached hydrogen (secondary N) is 1. The van der Waals surface area contributed by atoms with Gasteiger partial charge in [0.25, 0.3) is 0 Å². The normalized spacial score (nSPS) is 22.0. The second-order valence-electron chi connectivity index (χ2n) is 4.56. The topological polar surface area (TPSA) is 80.3 Å². The summed E-state index contributed by atoms with van der Waals surface area (Å²) in [6, 6.07) is 4.41. The summed E-state index contributed by atoms with van der Waals surface area (Å²) >= 11 is 9.09. The Bertz CT molecular complexity index is 718. The molecule has 1 aromatic rings. The van der Waals surface area contributed by atoms with Crippen molar-refractivity contribution in [1.82, 2.24) is 4.72 Å². The molecule has 1 saturated heterocycles. The Labute approximate surface area is 131 Å². The van der Waals surface area contributed by atoms with Gasteiger partial charge in [0, 0.05) is 11.0 Å². The molecule has 0 aliphatic carbocycles. The van der Waals surface area contributed by atoms with Gasteiger partial charge in [-0.25, -0.2) is 21.6 Å². The van der Waals surface area contributed by atoms with Crippen molar-refractivity contribution in [2.45, 2.75) is 23.0 Å². The third-order valence-electron chi connectivity index (χ3n) is 3.15. The van der Waals surface area contributed by atoms with Gasteiger partial charge in [-0.05, 0) is 31.0 Å². The number of halogens is 2. The summed E-state index contributed by atoms with van der Waals surface area (Å²) in [6.45, 7) is -0.114. The van der Waals surface area contributed by atoms with Gasteiger partial charge in [-0.3, -0.25) is 0 Å². The van der Waals surface area contributed by atoms with Crippen LogP contribution < -0.4 is 4.72 Å². The summed E-state index contributed by atoms with van der Waals surface area (Å²) in [6.07, 6.45) is 1.06. The predicted octanol–water partition coefficient (Wildman–Crippen LogP) is 1.96. The number of hydrogen-bond donors (Lipinski definition) is 1. The van der Waals surface area contributed by atoms with Crippen LogP contribution in [-0.2, 0) is 19.9 Å². The molecule has 112 valence electrons. The van der Waals surface area contributed by atoms with E-state index in [2.05, 4.69) is 20.7 Å². The highest BCUT2D eigenvalue weighted by molar-refractivity contribution is 9.10. The van der Waals surface area contributed by atoms with E-state index in [1.165, 1.54) is 12.1 Å². The van der Waals surface area contributed by atoms with Gasteiger partial charge in [-0.15, -0.1) is 0 Å². The summed E-state index contributed by atoms with van der Waals surface area (Å²) in [7, 11) is -6.99. The molecule has 5 nitrogen and oxygen atoms in total. The van der Waals surface area contributed by atoms with Gasteiger partial charge in [-0.1, -0.05) is 27.5 Å². The molecule has 1 fully saturated rings. The Kier molecular flexibility index (Phi) is 4.80. The average molecular weight is 403 g/mol. The number of benzene rings is 1. The fraction of sp³-hybridized carbons (Fsp3) is 0.455. The molecule has 1 atom stereocenters. The molecule has 1 heterocycles. The maximum Gasteiger partial charge on any atom is 0.242 e. The van der Waals surface area contributed by atoms with Crippen LogP contribution in [0.5, 0.6) is 0 Å².